The molecule has 1 aliphatic heterocycles. The van der Waals surface area contributed by atoms with Crippen LogP contribution < -0.4 is 15.8 Å². The second-order valence-corrected chi connectivity index (χ2v) is 9.10. The molecule has 0 radical (unpaired) electrons. The second-order valence-electron chi connectivity index (χ2n) is 5.98. The Morgan fingerprint density at radius 3 is 2.70 bits per heavy atom. The number of carbonyl (C=O) groups is 1. The van der Waals surface area contributed by atoms with Crippen LogP contribution in [0.25, 0.3) is 10.3 Å². The van der Waals surface area contributed by atoms with Crippen LogP contribution >= 0.6 is 39.0 Å². The zero-order chi connectivity index (χ0) is 18.8. The summed E-state index contributed by atoms with van der Waals surface area (Å²) in [4.78, 5) is 36.0. The van der Waals surface area contributed by atoms with Crippen LogP contribution in [0.15, 0.2) is 39.9 Å². The molecule has 10 heteroatoms. The Balaban J connectivity index is 1.53. The zero-order valence-electron chi connectivity index (χ0n) is 14.2. The first-order valence-electron chi connectivity index (χ1n) is 8.34. The van der Waals surface area contributed by atoms with Crippen LogP contribution in [0, 0.1) is 0 Å². The molecule has 1 aromatic carbocycles. The summed E-state index contributed by atoms with van der Waals surface area (Å²) in [5, 5.41) is 3.61. The van der Waals surface area contributed by atoms with Crippen molar-refractivity contribution >= 4 is 66.1 Å². The quantitative estimate of drug-likeness (QED) is 0.637. The van der Waals surface area contributed by atoms with E-state index in [1.807, 2.05) is 23.9 Å². The first-order valence-corrected chi connectivity index (χ1v) is 11.1. The van der Waals surface area contributed by atoms with E-state index in [2.05, 4.69) is 36.1 Å². The molecule has 0 bridgehead atoms. The van der Waals surface area contributed by atoms with Gasteiger partial charge in [-0.25, -0.2) is 4.98 Å². The number of nitrogens with one attached hydrogen (secondary N) is 1. The highest BCUT2D eigenvalue weighted by Gasteiger charge is 2.18. The van der Waals surface area contributed by atoms with E-state index in [0.717, 1.165) is 34.2 Å². The normalized spacial score (nSPS) is 14.5. The molecule has 0 aliphatic carbocycles. The summed E-state index contributed by atoms with van der Waals surface area (Å²) < 4.78 is 2.74. The van der Waals surface area contributed by atoms with Gasteiger partial charge < -0.3 is 10.2 Å². The van der Waals surface area contributed by atoms with Crippen molar-refractivity contribution in [1.82, 2.24) is 14.5 Å². The number of anilines is 2. The molecule has 0 unspecified atom stereocenters. The minimum atomic E-state index is -0.279. The molecule has 1 saturated heterocycles. The number of fused-ring (bicyclic) bond motifs is 1. The van der Waals surface area contributed by atoms with Gasteiger partial charge in [0.25, 0.3) is 5.56 Å². The molecule has 1 N–H and O–H groups in total. The molecule has 1 amide bonds. The Labute approximate surface area is 171 Å². The largest absolute Gasteiger partial charge is 0.346 e. The van der Waals surface area contributed by atoms with Crippen LogP contribution in [0.1, 0.15) is 0 Å². The maximum Gasteiger partial charge on any atom is 0.273 e. The van der Waals surface area contributed by atoms with Crippen molar-refractivity contribution in [2.75, 3.05) is 34.8 Å². The average molecular weight is 466 g/mol. The predicted octanol–water partition coefficient (Wildman–Crippen LogP) is 2.81. The van der Waals surface area contributed by atoms with Crippen molar-refractivity contribution in [1.29, 1.82) is 0 Å². The lowest BCUT2D eigenvalue weighted by Gasteiger charge is -2.25. The summed E-state index contributed by atoms with van der Waals surface area (Å²) >= 11 is 6.62. The van der Waals surface area contributed by atoms with Gasteiger partial charge in [0, 0.05) is 34.8 Å². The van der Waals surface area contributed by atoms with Gasteiger partial charge in [-0.2, -0.15) is 16.7 Å². The van der Waals surface area contributed by atoms with Gasteiger partial charge in [-0.05, 0) is 24.3 Å². The maximum atomic E-state index is 12.7. The standard InChI is InChI=1S/C17H16BrN5O2S2/c18-11-1-3-12(4-2-11)20-13(24)9-23-10-19-15-14(16(23)25)27-17(21-15)22-5-7-26-8-6-22/h1-4,10H,5-9H2,(H,20,24). The molecule has 0 saturated carbocycles. The molecule has 140 valence electrons. The molecule has 27 heavy (non-hydrogen) atoms. The summed E-state index contributed by atoms with van der Waals surface area (Å²) in [6, 6.07) is 7.26. The fourth-order valence-corrected chi connectivity index (χ4v) is 4.91. The number of hydrogen-bond donors (Lipinski definition) is 1. The molecule has 3 aromatic rings. The van der Waals surface area contributed by atoms with E-state index in [0.29, 0.717) is 16.0 Å². The average Bonchev–Trinajstić information content (AvgIpc) is 3.12. The lowest BCUT2D eigenvalue weighted by molar-refractivity contribution is -0.116. The SMILES string of the molecule is O=C(Cn1cnc2nc(N3CCSCC3)sc2c1=O)Nc1ccc(Br)cc1. The number of nitrogens with zero attached hydrogens (tertiary/aromatic N) is 4. The van der Waals surface area contributed by atoms with Gasteiger partial charge in [0.2, 0.25) is 5.91 Å². The molecule has 4 rings (SSSR count). The number of benzene rings is 1. The number of thiazole rings is 1. The summed E-state index contributed by atoms with van der Waals surface area (Å²) in [5.41, 5.74) is 0.886. The molecule has 1 fully saturated rings. The third-order valence-corrected chi connectivity index (χ3v) is 6.66. The van der Waals surface area contributed by atoms with Gasteiger partial charge in [0.1, 0.15) is 17.6 Å². The summed E-state index contributed by atoms with van der Waals surface area (Å²) in [6.45, 7) is 1.76. The molecule has 2 aromatic heterocycles. The van der Waals surface area contributed by atoms with E-state index in [1.165, 1.54) is 22.2 Å². The fraction of sp³-hybridized carbons (Fsp3) is 0.294. The topological polar surface area (TPSA) is 80.1 Å². The molecule has 0 atom stereocenters. The Bertz CT molecular complexity index is 1030. The molecule has 1 aliphatic rings. The van der Waals surface area contributed by atoms with Crippen molar-refractivity contribution in [3.63, 3.8) is 0 Å². The lowest BCUT2D eigenvalue weighted by atomic mass is 10.3. The number of rotatable bonds is 4. The van der Waals surface area contributed by atoms with Crippen molar-refractivity contribution < 1.29 is 4.79 Å². The number of hydrogen-bond acceptors (Lipinski definition) is 7. The summed E-state index contributed by atoms with van der Waals surface area (Å²) in [6.07, 6.45) is 1.39. The monoisotopic (exact) mass is 465 g/mol. The number of amides is 1. The maximum absolute atomic E-state index is 12.7. The van der Waals surface area contributed by atoms with Crippen LogP contribution in [-0.2, 0) is 11.3 Å². The summed E-state index contributed by atoms with van der Waals surface area (Å²) in [5.74, 6) is 1.84. The van der Waals surface area contributed by atoms with Crippen molar-refractivity contribution in [3.8, 4) is 0 Å². The molecular formula is C17H16BrN5O2S2. The van der Waals surface area contributed by atoms with Crippen molar-refractivity contribution in [2.24, 2.45) is 0 Å². The van der Waals surface area contributed by atoms with Gasteiger partial charge in [-0.3, -0.25) is 14.2 Å². The van der Waals surface area contributed by atoms with E-state index in [4.69, 9.17) is 0 Å². The number of carbonyl (C=O) groups excluding carboxylic acids is 1. The minimum Gasteiger partial charge on any atom is -0.346 e. The van der Waals surface area contributed by atoms with Crippen molar-refractivity contribution in [3.05, 3.63) is 45.4 Å². The van der Waals surface area contributed by atoms with Gasteiger partial charge in [-0.1, -0.05) is 27.3 Å². The molecule has 0 spiro atoms. The molecule has 3 heterocycles. The van der Waals surface area contributed by atoms with E-state index < -0.39 is 0 Å². The van der Waals surface area contributed by atoms with Gasteiger partial charge >= 0.3 is 0 Å². The van der Waals surface area contributed by atoms with Gasteiger partial charge in [-0.15, -0.1) is 0 Å². The van der Waals surface area contributed by atoms with Crippen LogP contribution in [0.3, 0.4) is 0 Å². The summed E-state index contributed by atoms with van der Waals surface area (Å²) in [7, 11) is 0. The Kier molecular flexibility index (Phi) is 5.46. The van der Waals surface area contributed by atoms with E-state index in [1.54, 1.807) is 12.1 Å². The van der Waals surface area contributed by atoms with Gasteiger partial charge in [0.15, 0.2) is 10.8 Å². The van der Waals surface area contributed by atoms with Crippen LogP contribution in [0.2, 0.25) is 0 Å². The lowest BCUT2D eigenvalue weighted by Crippen LogP contribution is -2.32. The van der Waals surface area contributed by atoms with Crippen LogP contribution in [-0.4, -0.2) is 45.0 Å². The van der Waals surface area contributed by atoms with E-state index >= 15 is 0 Å². The Hall–Kier alpha value is -1.91. The minimum absolute atomic E-state index is 0.0918. The van der Waals surface area contributed by atoms with Crippen molar-refractivity contribution in [2.45, 2.75) is 6.54 Å². The number of thioether (sulfide) groups is 1. The highest BCUT2D eigenvalue weighted by molar-refractivity contribution is 9.10. The second kappa shape index (κ2) is 7.99. The highest BCUT2D eigenvalue weighted by Crippen LogP contribution is 2.27. The Morgan fingerprint density at radius 1 is 1.22 bits per heavy atom. The smallest absolute Gasteiger partial charge is 0.273 e. The van der Waals surface area contributed by atoms with Crippen LogP contribution in [0.4, 0.5) is 10.8 Å². The highest BCUT2D eigenvalue weighted by atomic mass is 79.9. The third-order valence-electron chi connectivity index (χ3n) is 4.10. The van der Waals surface area contributed by atoms with E-state index in [-0.39, 0.29) is 18.0 Å². The first-order chi connectivity index (χ1) is 13.1. The predicted molar refractivity (Wildman–Crippen MR) is 114 cm³/mol. The molecular weight excluding hydrogens is 450 g/mol. The third kappa shape index (κ3) is 4.17. The van der Waals surface area contributed by atoms with E-state index in [9.17, 15) is 9.59 Å². The number of halogens is 1. The first kappa shape index (κ1) is 18.5. The van der Waals surface area contributed by atoms with Gasteiger partial charge in [0.05, 0.1) is 0 Å². The number of aromatic nitrogens is 3. The zero-order valence-corrected chi connectivity index (χ0v) is 17.4. The molecule has 7 nitrogen and oxygen atoms in total. The fourth-order valence-electron chi connectivity index (χ4n) is 2.73. The Morgan fingerprint density at radius 2 is 1.96 bits per heavy atom. The van der Waals surface area contributed by atoms with Crippen LogP contribution in [0.5, 0.6) is 0 Å².